The van der Waals surface area contributed by atoms with E-state index in [2.05, 4.69) is 4.72 Å². The molecular weight excluding hydrogens is 414 g/mol. The maximum absolute atomic E-state index is 12.9. The van der Waals surface area contributed by atoms with Crippen LogP contribution in [-0.2, 0) is 10.0 Å². The lowest BCUT2D eigenvalue weighted by molar-refractivity contribution is 0.366. The quantitative estimate of drug-likeness (QED) is 0.540. The minimum Gasteiger partial charge on any atom is -0.496 e. The second-order valence-electron chi connectivity index (χ2n) is 7.07. The third kappa shape index (κ3) is 5.18. The molecule has 7 heteroatoms. The predicted molar refractivity (Wildman–Crippen MR) is 121 cm³/mol. The van der Waals surface area contributed by atoms with Crippen molar-refractivity contribution in [3.05, 3.63) is 83.4 Å². The minimum atomic E-state index is -3.70. The number of hydrogen-bond donors (Lipinski definition) is 1. The van der Waals surface area contributed by atoms with Crippen molar-refractivity contribution in [2.24, 2.45) is 0 Å². The van der Waals surface area contributed by atoms with E-state index in [-0.39, 0.29) is 17.4 Å². The average Bonchev–Trinajstić information content (AvgIpc) is 2.79. The van der Waals surface area contributed by atoms with Crippen LogP contribution >= 0.6 is 0 Å². The summed E-state index contributed by atoms with van der Waals surface area (Å²) in [5, 5.41) is 0. The number of aryl methyl sites for hydroxylation is 1. The van der Waals surface area contributed by atoms with Crippen LogP contribution in [0.15, 0.2) is 71.6 Å². The van der Waals surface area contributed by atoms with Gasteiger partial charge < -0.3 is 14.2 Å². The molecule has 0 radical (unpaired) electrons. The molecule has 0 fully saturated rings. The van der Waals surface area contributed by atoms with Crippen molar-refractivity contribution in [2.45, 2.75) is 17.7 Å². The van der Waals surface area contributed by atoms with E-state index in [1.54, 1.807) is 57.7 Å². The Morgan fingerprint density at radius 1 is 0.839 bits per heavy atom. The molecule has 0 aliphatic heterocycles. The molecule has 3 rings (SSSR count). The number of rotatable bonds is 9. The number of benzene rings is 3. The summed E-state index contributed by atoms with van der Waals surface area (Å²) in [7, 11) is 1.00. The van der Waals surface area contributed by atoms with Crippen LogP contribution in [0.3, 0.4) is 0 Å². The van der Waals surface area contributed by atoms with Gasteiger partial charge in [-0.15, -0.1) is 0 Å². The summed E-state index contributed by atoms with van der Waals surface area (Å²) >= 11 is 0. The lowest BCUT2D eigenvalue weighted by Crippen LogP contribution is -2.29. The Hall–Kier alpha value is -3.03. The zero-order valence-corrected chi connectivity index (χ0v) is 18.9. The molecule has 3 aromatic carbocycles. The molecule has 6 nitrogen and oxygen atoms in total. The number of hydrogen-bond acceptors (Lipinski definition) is 5. The van der Waals surface area contributed by atoms with Crippen molar-refractivity contribution in [1.29, 1.82) is 0 Å². The van der Waals surface area contributed by atoms with Crippen molar-refractivity contribution in [3.63, 3.8) is 0 Å². The summed E-state index contributed by atoms with van der Waals surface area (Å²) in [5.74, 6) is 1.35. The molecule has 0 spiro atoms. The Labute approximate surface area is 183 Å². The number of methoxy groups -OCH3 is 3. The molecular formula is C24H27NO5S. The first-order valence-electron chi connectivity index (χ1n) is 9.80. The van der Waals surface area contributed by atoms with Gasteiger partial charge in [0.1, 0.15) is 17.2 Å². The fourth-order valence-electron chi connectivity index (χ4n) is 3.44. The maximum Gasteiger partial charge on any atom is 0.240 e. The van der Waals surface area contributed by atoms with Crippen molar-refractivity contribution >= 4 is 10.0 Å². The number of ether oxygens (including phenoxy) is 3. The zero-order chi connectivity index (χ0) is 22.4. The van der Waals surface area contributed by atoms with Gasteiger partial charge in [-0.25, -0.2) is 13.1 Å². The first kappa shape index (κ1) is 22.7. The Morgan fingerprint density at radius 3 is 1.94 bits per heavy atom. The molecule has 164 valence electrons. The summed E-state index contributed by atoms with van der Waals surface area (Å²) in [6.07, 6.45) is 0. The monoisotopic (exact) mass is 441 g/mol. The number of nitrogens with one attached hydrogen (secondary N) is 1. The van der Waals surface area contributed by atoms with Crippen molar-refractivity contribution in [2.75, 3.05) is 27.9 Å². The van der Waals surface area contributed by atoms with Gasteiger partial charge in [0.05, 0.1) is 26.2 Å². The van der Waals surface area contributed by atoms with Crippen LogP contribution < -0.4 is 18.9 Å². The molecule has 1 unspecified atom stereocenters. The van der Waals surface area contributed by atoms with Crippen LogP contribution in [0.25, 0.3) is 0 Å². The molecule has 1 atom stereocenters. The molecule has 3 aromatic rings. The van der Waals surface area contributed by atoms with E-state index in [1.165, 1.54) is 0 Å². The van der Waals surface area contributed by atoms with Gasteiger partial charge in [-0.2, -0.15) is 0 Å². The third-order valence-corrected chi connectivity index (χ3v) is 6.55. The molecule has 0 bridgehead atoms. The molecule has 0 aromatic heterocycles. The van der Waals surface area contributed by atoms with Crippen molar-refractivity contribution < 1.29 is 22.6 Å². The Bertz CT molecular complexity index is 1090. The highest BCUT2D eigenvalue weighted by Crippen LogP contribution is 2.41. The molecule has 0 heterocycles. The van der Waals surface area contributed by atoms with Gasteiger partial charge >= 0.3 is 0 Å². The lowest BCUT2D eigenvalue weighted by Gasteiger charge is -2.24. The highest BCUT2D eigenvalue weighted by atomic mass is 32.2. The van der Waals surface area contributed by atoms with Gasteiger partial charge in [0, 0.05) is 30.2 Å². The first-order valence-corrected chi connectivity index (χ1v) is 11.3. The van der Waals surface area contributed by atoms with Crippen LogP contribution in [0, 0.1) is 6.92 Å². The Balaban J connectivity index is 2.04. The summed E-state index contributed by atoms with van der Waals surface area (Å²) in [6, 6.07) is 19.9. The summed E-state index contributed by atoms with van der Waals surface area (Å²) in [6.45, 7) is 2.04. The number of sulfonamides is 1. The van der Waals surface area contributed by atoms with E-state index in [4.69, 9.17) is 14.2 Å². The molecule has 0 aliphatic rings. The van der Waals surface area contributed by atoms with Gasteiger partial charge in [-0.1, -0.05) is 48.0 Å². The fraction of sp³-hybridized carbons (Fsp3) is 0.250. The predicted octanol–water partition coefficient (Wildman–Crippen LogP) is 4.13. The van der Waals surface area contributed by atoms with E-state index in [0.717, 1.165) is 16.7 Å². The van der Waals surface area contributed by atoms with Crippen molar-refractivity contribution in [3.8, 4) is 17.2 Å². The largest absolute Gasteiger partial charge is 0.496 e. The standard InChI is InChI=1S/C24H27NO5S/c1-17-10-12-20(13-11-17)31(26,27)25-16-21(18-8-6-5-7-9-18)24-22(29-3)14-19(28-2)15-23(24)30-4/h5-15,21,25H,16H2,1-4H3. The smallest absolute Gasteiger partial charge is 0.240 e. The highest BCUT2D eigenvalue weighted by Gasteiger charge is 2.26. The topological polar surface area (TPSA) is 73.9 Å². The second-order valence-corrected chi connectivity index (χ2v) is 8.84. The SMILES string of the molecule is COc1cc(OC)c(C(CNS(=O)(=O)c2ccc(C)cc2)c2ccccc2)c(OC)c1. The van der Waals surface area contributed by atoms with Crippen LogP contribution in [0.5, 0.6) is 17.2 Å². The van der Waals surface area contributed by atoms with Crippen molar-refractivity contribution in [1.82, 2.24) is 4.72 Å². The minimum absolute atomic E-state index is 0.124. The van der Waals surface area contributed by atoms with E-state index >= 15 is 0 Å². The first-order chi connectivity index (χ1) is 14.9. The van der Waals surface area contributed by atoms with Gasteiger partial charge in [-0.3, -0.25) is 0 Å². The fourth-order valence-corrected chi connectivity index (χ4v) is 4.49. The summed E-state index contributed by atoms with van der Waals surface area (Å²) in [5.41, 5.74) is 2.66. The summed E-state index contributed by atoms with van der Waals surface area (Å²) < 4.78 is 45.2. The van der Waals surface area contributed by atoms with E-state index in [9.17, 15) is 8.42 Å². The van der Waals surface area contributed by atoms with Gasteiger partial charge in [0.2, 0.25) is 10.0 Å². The molecule has 0 aliphatic carbocycles. The summed E-state index contributed by atoms with van der Waals surface area (Å²) in [4.78, 5) is 0.221. The normalized spacial score (nSPS) is 12.3. The van der Waals surface area contributed by atoms with E-state index in [0.29, 0.717) is 17.2 Å². The van der Waals surface area contributed by atoms with E-state index < -0.39 is 10.0 Å². The molecule has 0 amide bonds. The molecule has 0 saturated carbocycles. The Kier molecular flexibility index (Phi) is 7.20. The maximum atomic E-state index is 12.9. The van der Waals surface area contributed by atoms with Crippen LogP contribution in [0.1, 0.15) is 22.6 Å². The van der Waals surface area contributed by atoms with Crippen LogP contribution in [-0.4, -0.2) is 36.3 Å². The van der Waals surface area contributed by atoms with Gasteiger partial charge in [0.15, 0.2) is 0 Å². The van der Waals surface area contributed by atoms with Crippen LogP contribution in [0.2, 0.25) is 0 Å². The zero-order valence-electron chi connectivity index (χ0n) is 18.1. The molecule has 1 N–H and O–H groups in total. The third-order valence-electron chi connectivity index (χ3n) is 5.11. The lowest BCUT2D eigenvalue weighted by atomic mass is 9.89. The average molecular weight is 442 g/mol. The second kappa shape index (κ2) is 9.85. The van der Waals surface area contributed by atoms with E-state index in [1.807, 2.05) is 37.3 Å². The van der Waals surface area contributed by atoms with Crippen LogP contribution in [0.4, 0.5) is 0 Å². The molecule has 0 saturated heterocycles. The highest BCUT2D eigenvalue weighted by molar-refractivity contribution is 7.89. The van der Waals surface area contributed by atoms with Gasteiger partial charge in [0.25, 0.3) is 0 Å². The molecule has 31 heavy (non-hydrogen) atoms. The van der Waals surface area contributed by atoms with Gasteiger partial charge in [-0.05, 0) is 24.6 Å². The Morgan fingerprint density at radius 2 is 1.42 bits per heavy atom.